The summed E-state index contributed by atoms with van der Waals surface area (Å²) in [6, 6.07) is 13.9. The fourth-order valence-corrected chi connectivity index (χ4v) is 2.24. The average molecular weight is 364 g/mol. The van der Waals surface area contributed by atoms with Gasteiger partial charge in [-0.3, -0.25) is 4.79 Å². The molecule has 0 aliphatic heterocycles. The minimum absolute atomic E-state index is 0.0236. The van der Waals surface area contributed by atoms with Crippen LogP contribution in [-0.2, 0) is 4.79 Å². The standard InChI is InChI=1S/C21H20N2O4/c1-4-11-27-18-8-5-15(6-9-18)12-16(14-22)21(24)23-17-7-10-19(25-2)20(13-17)26-3/h4-10,12-13H,1,11H2,2-3H3,(H,23,24). The second kappa shape index (κ2) is 9.68. The third kappa shape index (κ3) is 5.38. The number of amides is 1. The van der Waals surface area contributed by atoms with Gasteiger partial charge in [0.1, 0.15) is 24.0 Å². The number of hydrogen-bond donors (Lipinski definition) is 1. The van der Waals surface area contributed by atoms with E-state index in [1.165, 1.54) is 20.3 Å². The molecule has 0 aromatic heterocycles. The number of carbonyl (C=O) groups is 1. The van der Waals surface area contributed by atoms with Gasteiger partial charge in [-0.25, -0.2) is 0 Å². The molecule has 0 fully saturated rings. The number of nitrogens with zero attached hydrogens (tertiary/aromatic N) is 1. The summed E-state index contributed by atoms with van der Waals surface area (Å²) in [7, 11) is 3.03. The zero-order valence-electron chi connectivity index (χ0n) is 15.2. The summed E-state index contributed by atoms with van der Waals surface area (Å²) in [6.45, 7) is 4.00. The van der Waals surface area contributed by atoms with Crippen LogP contribution in [0.3, 0.4) is 0 Å². The van der Waals surface area contributed by atoms with Crippen LogP contribution in [0.5, 0.6) is 17.2 Å². The van der Waals surface area contributed by atoms with Crippen molar-refractivity contribution >= 4 is 17.7 Å². The predicted octanol–water partition coefficient (Wildman–Crippen LogP) is 3.81. The maximum atomic E-state index is 12.4. The normalized spacial score (nSPS) is 10.5. The van der Waals surface area contributed by atoms with Crippen molar-refractivity contribution in [3.8, 4) is 23.3 Å². The van der Waals surface area contributed by atoms with Crippen LogP contribution >= 0.6 is 0 Å². The van der Waals surface area contributed by atoms with Crippen LogP contribution in [0.15, 0.2) is 60.7 Å². The van der Waals surface area contributed by atoms with Gasteiger partial charge in [-0.15, -0.1) is 0 Å². The van der Waals surface area contributed by atoms with Gasteiger partial charge in [0, 0.05) is 11.8 Å². The molecule has 0 aliphatic rings. The molecule has 1 N–H and O–H groups in total. The minimum atomic E-state index is -0.517. The van der Waals surface area contributed by atoms with E-state index in [2.05, 4.69) is 11.9 Å². The van der Waals surface area contributed by atoms with Gasteiger partial charge in [0.2, 0.25) is 0 Å². The summed E-state index contributed by atoms with van der Waals surface area (Å²) in [5.41, 5.74) is 1.18. The zero-order chi connectivity index (χ0) is 19.6. The molecule has 0 aliphatic carbocycles. The summed E-state index contributed by atoms with van der Waals surface area (Å²) in [4.78, 5) is 12.4. The molecule has 1 amide bonds. The van der Waals surface area contributed by atoms with E-state index in [1.807, 2.05) is 6.07 Å². The number of benzene rings is 2. The molecule has 0 bridgehead atoms. The molecule has 0 saturated heterocycles. The Kier molecular flexibility index (Phi) is 7.03. The number of nitrogens with one attached hydrogen (secondary N) is 1. The predicted molar refractivity (Wildman–Crippen MR) is 104 cm³/mol. The fraction of sp³-hybridized carbons (Fsp3) is 0.143. The highest BCUT2D eigenvalue weighted by Gasteiger charge is 2.12. The second-order valence-electron chi connectivity index (χ2n) is 5.36. The molecule has 0 heterocycles. The van der Waals surface area contributed by atoms with E-state index in [-0.39, 0.29) is 5.57 Å². The summed E-state index contributed by atoms with van der Waals surface area (Å²) >= 11 is 0. The summed E-state index contributed by atoms with van der Waals surface area (Å²) in [6.07, 6.45) is 3.16. The Hall–Kier alpha value is -3.72. The molecule has 0 unspecified atom stereocenters. The van der Waals surface area contributed by atoms with Gasteiger partial charge in [0.25, 0.3) is 5.91 Å². The summed E-state index contributed by atoms with van der Waals surface area (Å²) in [5, 5.41) is 12.0. The first kappa shape index (κ1) is 19.6. The number of methoxy groups -OCH3 is 2. The van der Waals surface area contributed by atoms with E-state index in [0.717, 1.165) is 0 Å². The molecule has 138 valence electrons. The van der Waals surface area contributed by atoms with Gasteiger partial charge in [-0.05, 0) is 35.9 Å². The van der Waals surface area contributed by atoms with Crippen molar-refractivity contribution < 1.29 is 19.0 Å². The van der Waals surface area contributed by atoms with Crippen LogP contribution in [0.1, 0.15) is 5.56 Å². The Labute approximate surface area is 158 Å². The Balaban J connectivity index is 2.14. The Morgan fingerprint density at radius 2 is 1.85 bits per heavy atom. The maximum Gasteiger partial charge on any atom is 0.266 e. The van der Waals surface area contributed by atoms with Crippen LogP contribution in [0.4, 0.5) is 5.69 Å². The fourth-order valence-electron chi connectivity index (χ4n) is 2.24. The van der Waals surface area contributed by atoms with Crippen LogP contribution in [-0.4, -0.2) is 26.7 Å². The number of carbonyl (C=O) groups excluding carboxylic acids is 1. The number of nitriles is 1. The first-order valence-corrected chi connectivity index (χ1v) is 8.10. The quantitative estimate of drug-likeness (QED) is 0.438. The van der Waals surface area contributed by atoms with E-state index in [4.69, 9.17) is 14.2 Å². The Bertz CT molecular complexity index is 880. The zero-order valence-corrected chi connectivity index (χ0v) is 15.2. The number of rotatable bonds is 8. The smallest absolute Gasteiger partial charge is 0.266 e. The highest BCUT2D eigenvalue weighted by atomic mass is 16.5. The maximum absolute atomic E-state index is 12.4. The lowest BCUT2D eigenvalue weighted by molar-refractivity contribution is -0.112. The van der Waals surface area contributed by atoms with Crippen molar-refractivity contribution in [2.24, 2.45) is 0 Å². The SMILES string of the molecule is C=CCOc1ccc(C=C(C#N)C(=O)Nc2ccc(OC)c(OC)c2)cc1. The number of hydrogen-bond acceptors (Lipinski definition) is 5. The van der Waals surface area contributed by atoms with Crippen molar-refractivity contribution in [3.05, 3.63) is 66.3 Å². The first-order valence-electron chi connectivity index (χ1n) is 8.10. The van der Waals surface area contributed by atoms with Gasteiger partial charge in [-0.2, -0.15) is 5.26 Å². The largest absolute Gasteiger partial charge is 0.493 e. The van der Waals surface area contributed by atoms with Gasteiger partial charge in [0.05, 0.1) is 14.2 Å². The van der Waals surface area contributed by atoms with E-state index in [1.54, 1.807) is 48.5 Å². The van der Waals surface area contributed by atoms with E-state index < -0.39 is 5.91 Å². The van der Waals surface area contributed by atoms with Crippen molar-refractivity contribution in [3.63, 3.8) is 0 Å². The molecular formula is C21H20N2O4. The van der Waals surface area contributed by atoms with Crippen molar-refractivity contribution in [1.29, 1.82) is 5.26 Å². The lowest BCUT2D eigenvalue weighted by atomic mass is 10.1. The average Bonchev–Trinajstić information content (AvgIpc) is 2.71. The number of anilines is 1. The van der Waals surface area contributed by atoms with E-state index in [0.29, 0.717) is 35.1 Å². The third-order valence-corrected chi connectivity index (χ3v) is 3.57. The van der Waals surface area contributed by atoms with Crippen molar-refractivity contribution in [2.75, 3.05) is 26.1 Å². The van der Waals surface area contributed by atoms with E-state index >= 15 is 0 Å². The lowest BCUT2D eigenvalue weighted by Crippen LogP contribution is -2.13. The summed E-state index contributed by atoms with van der Waals surface area (Å²) in [5.74, 6) is 1.19. The second-order valence-corrected chi connectivity index (χ2v) is 5.36. The number of ether oxygens (including phenoxy) is 3. The van der Waals surface area contributed by atoms with Gasteiger partial charge in [-0.1, -0.05) is 24.8 Å². The van der Waals surface area contributed by atoms with Crippen LogP contribution in [0.25, 0.3) is 6.08 Å². The third-order valence-electron chi connectivity index (χ3n) is 3.57. The topological polar surface area (TPSA) is 80.6 Å². The Morgan fingerprint density at radius 3 is 2.44 bits per heavy atom. The van der Waals surface area contributed by atoms with E-state index in [9.17, 15) is 10.1 Å². The van der Waals surface area contributed by atoms with Gasteiger partial charge in [0.15, 0.2) is 11.5 Å². The van der Waals surface area contributed by atoms with Crippen molar-refractivity contribution in [1.82, 2.24) is 0 Å². The molecule has 6 nitrogen and oxygen atoms in total. The Morgan fingerprint density at radius 1 is 1.15 bits per heavy atom. The molecule has 0 radical (unpaired) electrons. The molecule has 0 spiro atoms. The van der Waals surface area contributed by atoms with Crippen LogP contribution < -0.4 is 19.5 Å². The molecule has 0 atom stereocenters. The van der Waals surface area contributed by atoms with Crippen LogP contribution in [0.2, 0.25) is 0 Å². The summed E-state index contributed by atoms with van der Waals surface area (Å²) < 4.78 is 15.8. The molecule has 2 aromatic carbocycles. The molecule has 2 rings (SSSR count). The minimum Gasteiger partial charge on any atom is -0.493 e. The van der Waals surface area contributed by atoms with Gasteiger partial charge < -0.3 is 19.5 Å². The lowest BCUT2D eigenvalue weighted by Gasteiger charge is -2.10. The molecule has 0 saturated carbocycles. The molecule has 6 heteroatoms. The molecule has 27 heavy (non-hydrogen) atoms. The first-order chi connectivity index (χ1) is 13.1. The van der Waals surface area contributed by atoms with Crippen LogP contribution in [0, 0.1) is 11.3 Å². The highest BCUT2D eigenvalue weighted by molar-refractivity contribution is 6.09. The van der Waals surface area contributed by atoms with Crippen molar-refractivity contribution in [2.45, 2.75) is 0 Å². The monoisotopic (exact) mass is 364 g/mol. The molecular weight excluding hydrogens is 344 g/mol. The molecule has 2 aromatic rings. The van der Waals surface area contributed by atoms with Gasteiger partial charge >= 0.3 is 0 Å². The highest BCUT2D eigenvalue weighted by Crippen LogP contribution is 2.29.